The molecule has 7 nitrogen and oxygen atoms in total. The van der Waals surface area contributed by atoms with Gasteiger partial charge in [-0.05, 0) is 43.2 Å². The fraction of sp³-hybridized carbons (Fsp3) is 0.516. The number of hydrogen-bond acceptors (Lipinski definition) is 5. The molecule has 3 N–H and O–H groups in total. The lowest BCUT2D eigenvalue weighted by Crippen LogP contribution is -2.50. The van der Waals surface area contributed by atoms with Crippen molar-refractivity contribution in [2.75, 3.05) is 13.7 Å². The van der Waals surface area contributed by atoms with Gasteiger partial charge in [-0.2, -0.15) is 0 Å². The number of rotatable bonds is 12. The van der Waals surface area contributed by atoms with Crippen molar-refractivity contribution >= 4 is 17.6 Å². The third kappa shape index (κ3) is 7.44. The maximum atomic E-state index is 13.6. The smallest absolute Gasteiger partial charge is 0.243 e. The second kappa shape index (κ2) is 14.1. The Bertz CT molecular complexity index is 1040. The highest BCUT2D eigenvalue weighted by atomic mass is 16.5. The highest BCUT2D eigenvalue weighted by Gasteiger charge is 2.43. The van der Waals surface area contributed by atoms with E-state index in [4.69, 9.17) is 10.5 Å². The van der Waals surface area contributed by atoms with Gasteiger partial charge in [-0.25, -0.2) is 0 Å². The average molecular weight is 522 g/mol. The highest BCUT2D eigenvalue weighted by molar-refractivity contribution is 5.92. The Morgan fingerprint density at radius 2 is 1.84 bits per heavy atom. The number of Topliss-reactive ketones (excluding diaryl/α,β-unsaturated/α-hetero) is 1. The third-order valence-electron chi connectivity index (χ3n) is 8.05. The van der Waals surface area contributed by atoms with E-state index in [-0.39, 0.29) is 29.9 Å². The summed E-state index contributed by atoms with van der Waals surface area (Å²) in [5.74, 6) is 0.819. The van der Waals surface area contributed by atoms with Crippen molar-refractivity contribution in [3.63, 3.8) is 0 Å². The van der Waals surface area contributed by atoms with E-state index in [1.807, 2.05) is 24.3 Å². The van der Waals surface area contributed by atoms with Gasteiger partial charge in [0.25, 0.3) is 0 Å². The van der Waals surface area contributed by atoms with Crippen LogP contribution in [0, 0.1) is 11.8 Å². The van der Waals surface area contributed by atoms with E-state index >= 15 is 0 Å². The molecule has 0 bridgehead atoms. The summed E-state index contributed by atoms with van der Waals surface area (Å²) < 4.78 is 5.43. The van der Waals surface area contributed by atoms with Crippen molar-refractivity contribution in [3.8, 4) is 5.75 Å². The van der Waals surface area contributed by atoms with Crippen LogP contribution < -0.4 is 15.8 Å². The van der Waals surface area contributed by atoms with Gasteiger partial charge in [0.2, 0.25) is 11.8 Å². The number of nitrogens with two attached hydrogens (primary N) is 1. The minimum atomic E-state index is -0.701. The Hall–Kier alpha value is -3.19. The topological polar surface area (TPSA) is 102 Å². The first-order valence-electron chi connectivity index (χ1n) is 13.7. The minimum absolute atomic E-state index is 0.0698. The Kier molecular flexibility index (Phi) is 10.9. The Morgan fingerprint density at radius 3 is 2.47 bits per heavy atom. The number of likely N-dealkylation sites (tertiary alicyclic amines) is 1. The van der Waals surface area contributed by atoms with Crippen LogP contribution in [0.3, 0.4) is 0 Å². The maximum absolute atomic E-state index is 13.6. The number of methoxy groups -OCH3 is 1. The summed E-state index contributed by atoms with van der Waals surface area (Å²) in [6.45, 7) is 9.51. The third-order valence-corrected chi connectivity index (χ3v) is 8.05. The Labute approximate surface area is 227 Å². The molecule has 0 spiro atoms. The molecule has 2 amide bonds. The maximum Gasteiger partial charge on any atom is 0.243 e. The van der Waals surface area contributed by atoms with Gasteiger partial charge in [-0.1, -0.05) is 81.7 Å². The molecule has 2 fully saturated rings. The van der Waals surface area contributed by atoms with Crippen LogP contribution >= 0.6 is 0 Å². The number of ketones is 1. The first-order chi connectivity index (χ1) is 18.3. The summed E-state index contributed by atoms with van der Waals surface area (Å²) in [5.41, 5.74) is 8.03. The zero-order valence-corrected chi connectivity index (χ0v) is 22.9. The zero-order valence-electron chi connectivity index (χ0n) is 22.9. The quantitative estimate of drug-likeness (QED) is 0.390. The minimum Gasteiger partial charge on any atom is -0.496 e. The molecule has 0 aromatic heterocycles. The molecule has 7 heteroatoms. The average Bonchev–Trinajstić information content (AvgIpc) is 3.38. The molecular formula is C31H43N3O4. The van der Waals surface area contributed by atoms with Crippen LogP contribution in [0.25, 0.3) is 0 Å². The van der Waals surface area contributed by atoms with Crippen molar-refractivity contribution in [1.82, 2.24) is 10.2 Å². The molecule has 1 aromatic rings. The molecule has 0 radical (unpaired) electrons. The molecule has 1 aliphatic carbocycles. The lowest BCUT2D eigenvalue weighted by atomic mass is 9.79. The second-order valence-corrected chi connectivity index (χ2v) is 10.6. The zero-order chi connectivity index (χ0) is 27.7. The Morgan fingerprint density at radius 1 is 1.13 bits per heavy atom. The van der Waals surface area contributed by atoms with Gasteiger partial charge in [0, 0.05) is 24.6 Å². The molecule has 1 saturated heterocycles. The molecule has 1 saturated carbocycles. The lowest BCUT2D eigenvalue weighted by molar-refractivity contribution is -0.139. The van der Waals surface area contributed by atoms with Crippen LogP contribution in [0.5, 0.6) is 5.75 Å². The van der Waals surface area contributed by atoms with Crippen LogP contribution in [-0.2, 0) is 14.4 Å². The molecule has 1 aromatic carbocycles. The van der Waals surface area contributed by atoms with Crippen LogP contribution in [0.2, 0.25) is 0 Å². The molecule has 3 rings (SSSR count). The van der Waals surface area contributed by atoms with E-state index in [0.29, 0.717) is 31.1 Å². The normalized spacial score (nSPS) is 21.9. The number of para-hydroxylation sites is 1. The summed E-state index contributed by atoms with van der Waals surface area (Å²) in [4.78, 5) is 41.4. The first-order valence-corrected chi connectivity index (χ1v) is 13.7. The summed E-state index contributed by atoms with van der Waals surface area (Å²) >= 11 is 0. The lowest BCUT2D eigenvalue weighted by Gasteiger charge is -2.28. The molecule has 38 heavy (non-hydrogen) atoms. The molecule has 1 heterocycles. The molecule has 1 aliphatic heterocycles. The van der Waals surface area contributed by atoms with E-state index < -0.39 is 18.1 Å². The second-order valence-electron chi connectivity index (χ2n) is 10.6. The van der Waals surface area contributed by atoms with E-state index in [9.17, 15) is 14.4 Å². The van der Waals surface area contributed by atoms with Gasteiger partial charge in [0.15, 0.2) is 5.78 Å². The molecular weight excluding hydrogens is 478 g/mol. The first kappa shape index (κ1) is 29.4. The summed E-state index contributed by atoms with van der Waals surface area (Å²) in [6.07, 6.45) is 12.0. The number of benzene rings is 1. The van der Waals surface area contributed by atoms with Gasteiger partial charge in [0.1, 0.15) is 11.8 Å². The summed E-state index contributed by atoms with van der Waals surface area (Å²) in [7, 11) is 1.58. The van der Waals surface area contributed by atoms with E-state index in [1.54, 1.807) is 30.2 Å². The van der Waals surface area contributed by atoms with Crippen molar-refractivity contribution in [2.24, 2.45) is 17.6 Å². The summed E-state index contributed by atoms with van der Waals surface area (Å²) in [6, 6.07) is 5.53. The SMILES string of the molecule is C=C/C=C(\C=C)C[C@H](NC(=O)[C@@H]1CC(C2CCCCC2)CN1C(=O)C[C@H](N)c1ccccc1OC)C(C)=O. The highest BCUT2D eigenvalue weighted by Crippen LogP contribution is 2.38. The van der Waals surface area contributed by atoms with Crippen LogP contribution in [0.1, 0.15) is 69.9 Å². The number of ether oxygens (including phenoxy) is 1. The van der Waals surface area contributed by atoms with Gasteiger partial charge < -0.3 is 20.7 Å². The van der Waals surface area contributed by atoms with E-state index in [1.165, 1.54) is 26.2 Å². The van der Waals surface area contributed by atoms with E-state index in [2.05, 4.69) is 18.5 Å². The van der Waals surface area contributed by atoms with Crippen LogP contribution in [0.15, 0.2) is 61.2 Å². The van der Waals surface area contributed by atoms with Crippen LogP contribution in [0.4, 0.5) is 0 Å². The number of allylic oxidation sites excluding steroid dienone is 3. The van der Waals surface area contributed by atoms with Gasteiger partial charge in [-0.15, -0.1) is 0 Å². The monoisotopic (exact) mass is 521 g/mol. The van der Waals surface area contributed by atoms with Crippen molar-refractivity contribution in [2.45, 2.75) is 76.4 Å². The molecule has 206 valence electrons. The predicted octanol–water partition coefficient (Wildman–Crippen LogP) is 4.64. The predicted molar refractivity (Wildman–Crippen MR) is 150 cm³/mol. The van der Waals surface area contributed by atoms with Gasteiger partial charge in [-0.3, -0.25) is 14.4 Å². The van der Waals surface area contributed by atoms with Crippen LogP contribution in [-0.4, -0.2) is 48.2 Å². The number of hydrogen-bond donors (Lipinski definition) is 2. The van der Waals surface area contributed by atoms with Gasteiger partial charge in [0.05, 0.1) is 13.2 Å². The fourth-order valence-electron chi connectivity index (χ4n) is 5.90. The molecule has 2 aliphatic rings. The number of carbonyl (C=O) groups excluding carboxylic acids is 3. The number of nitrogens with zero attached hydrogens (tertiary/aromatic N) is 1. The molecule has 4 atom stereocenters. The number of carbonyl (C=O) groups is 3. The fourth-order valence-corrected chi connectivity index (χ4v) is 5.90. The standard InChI is InChI=1S/C31H43N3O4/c1-5-12-22(6-2)17-27(21(3)35)33-31(37)28-18-24(23-13-8-7-9-14-23)20-34(28)30(36)19-26(32)25-15-10-11-16-29(25)38-4/h5-6,10-12,15-16,23-24,26-28H,1-2,7-9,13-14,17-20,32H2,3-4H3,(H,33,37)/b22-12+/t24?,26-,27-,28-/m0/s1. The number of amides is 2. The van der Waals surface area contributed by atoms with Crippen molar-refractivity contribution in [1.29, 1.82) is 0 Å². The largest absolute Gasteiger partial charge is 0.496 e. The van der Waals surface area contributed by atoms with Crippen molar-refractivity contribution in [3.05, 3.63) is 66.8 Å². The Balaban J connectivity index is 1.79. The van der Waals surface area contributed by atoms with Gasteiger partial charge >= 0.3 is 0 Å². The van der Waals surface area contributed by atoms with Crippen molar-refractivity contribution < 1.29 is 19.1 Å². The summed E-state index contributed by atoms with van der Waals surface area (Å²) in [5, 5.41) is 2.94. The molecule has 1 unspecified atom stereocenters. The van der Waals surface area contributed by atoms with E-state index in [0.717, 1.165) is 24.0 Å². The number of nitrogens with one attached hydrogen (secondary N) is 1.